The topological polar surface area (TPSA) is 78.1 Å². The minimum absolute atomic E-state index is 0.128. The highest BCUT2D eigenvalue weighted by Crippen LogP contribution is 2.31. The molecule has 1 heterocycles. The van der Waals surface area contributed by atoms with Crippen LogP contribution in [0.3, 0.4) is 0 Å². The summed E-state index contributed by atoms with van der Waals surface area (Å²) in [5.41, 5.74) is 10.2. The van der Waals surface area contributed by atoms with Crippen LogP contribution in [-0.2, 0) is 4.74 Å². The number of carbonyl (C=O) groups is 1. The molecule has 4 aromatic rings. The number of aromatic nitrogens is 2. The van der Waals surface area contributed by atoms with Crippen LogP contribution in [0.4, 0.5) is 5.95 Å². The number of nitrogens with two attached hydrogens (primary N) is 1. The van der Waals surface area contributed by atoms with E-state index in [1.165, 1.54) is 10.8 Å². The van der Waals surface area contributed by atoms with Crippen LogP contribution >= 0.6 is 0 Å². The van der Waals surface area contributed by atoms with Gasteiger partial charge in [0.15, 0.2) is 0 Å². The van der Waals surface area contributed by atoms with Crippen molar-refractivity contribution in [1.82, 2.24) is 9.97 Å². The summed E-state index contributed by atoms with van der Waals surface area (Å²) in [6.45, 7) is 3.78. The molecule has 0 radical (unpaired) electrons. The summed E-state index contributed by atoms with van der Waals surface area (Å²) in [4.78, 5) is 20.9. The molecule has 0 spiro atoms. The highest BCUT2D eigenvalue weighted by molar-refractivity contribution is 5.99. The predicted molar refractivity (Wildman–Crippen MR) is 116 cm³/mol. The van der Waals surface area contributed by atoms with Crippen LogP contribution in [0.15, 0.2) is 66.7 Å². The Morgan fingerprint density at radius 3 is 2.38 bits per heavy atom. The van der Waals surface area contributed by atoms with Crippen LogP contribution in [0.5, 0.6) is 0 Å². The van der Waals surface area contributed by atoms with Gasteiger partial charge in [-0.15, -0.1) is 0 Å². The molecular weight excluding hydrogens is 362 g/mol. The number of nitrogens with zero attached hydrogens (tertiary/aromatic N) is 2. The number of hydrogen-bond acceptors (Lipinski definition) is 5. The van der Waals surface area contributed by atoms with Crippen LogP contribution in [0.2, 0.25) is 0 Å². The van der Waals surface area contributed by atoms with E-state index in [1.54, 1.807) is 13.8 Å². The Balaban J connectivity index is 1.80. The molecule has 0 amide bonds. The summed E-state index contributed by atoms with van der Waals surface area (Å²) >= 11 is 0. The highest BCUT2D eigenvalue weighted by Gasteiger charge is 2.20. The molecule has 2 N–H and O–H groups in total. The highest BCUT2D eigenvalue weighted by atomic mass is 16.5. The second-order valence-electron chi connectivity index (χ2n) is 6.72. The Morgan fingerprint density at radius 2 is 1.62 bits per heavy atom. The van der Waals surface area contributed by atoms with E-state index in [0.29, 0.717) is 17.0 Å². The summed E-state index contributed by atoms with van der Waals surface area (Å²) in [7, 11) is 0. The molecule has 5 nitrogen and oxygen atoms in total. The van der Waals surface area contributed by atoms with Crippen molar-refractivity contribution in [1.29, 1.82) is 0 Å². The average Bonchev–Trinajstić information content (AvgIpc) is 2.73. The van der Waals surface area contributed by atoms with Crippen molar-refractivity contribution in [2.45, 2.75) is 13.8 Å². The molecule has 0 aliphatic carbocycles. The molecule has 3 aromatic carbocycles. The van der Waals surface area contributed by atoms with Gasteiger partial charge in [-0.1, -0.05) is 66.7 Å². The molecule has 0 saturated carbocycles. The lowest BCUT2D eigenvalue weighted by Crippen LogP contribution is -2.13. The van der Waals surface area contributed by atoms with Gasteiger partial charge in [-0.3, -0.25) is 0 Å². The second-order valence-corrected chi connectivity index (χ2v) is 6.72. The molecule has 0 bridgehead atoms. The SMILES string of the molecule is CCOC(=O)c1c(C)nc(N)nc1-c1ccc(-c2cccc3ccccc23)cc1. The van der Waals surface area contributed by atoms with Crippen LogP contribution in [0, 0.1) is 6.92 Å². The Hall–Kier alpha value is -3.73. The molecule has 0 saturated heterocycles. The van der Waals surface area contributed by atoms with Crippen molar-refractivity contribution in [3.63, 3.8) is 0 Å². The maximum Gasteiger partial charge on any atom is 0.342 e. The number of hydrogen-bond donors (Lipinski definition) is 1. The van der Waals surface area contributed by atoms with E-state index in [2.05, 4.69) is 40.3 Å². The van der Waals surface area contributed by atoms with Crippen molar-refractivity contribution in [3.05, 3.63) is 78.0 Å². The third-order valence-electron chi connectivity index (χ3n) is 4.85. The summed E-state index contributed by atoms with van der Waals surface area (Å²) in [5.74, 6) is -0.318. The van der Waals surface area contributed by atoms with Crippen molar-refractivity contribution >= 4 is 22.7 Å². The minimum atomic E-state index is -0.446. The number of nitrogen functional groups attached to an aromatic ring is 1. The van der Waals surface area contributed by atoms with Crippen LogP contribution in [-0.4, -0.2) is 22.5 Å². The van der Waals surface area contributed by atoms with Gasteiger partial charge in [-0.25, -0.2) is 14.8 Å². The van der Waals surface area contributed by atoms with Gasteiger partial charge < -0.3 is 10.5 Å². The van der Waals surface area contributed by atoms with Crippen molar-refractivity contribution in [2.75, 3.05) is 12.3 Å². The first kappa shape index (κ1) is 18.6. The van der Waals surface area contributed by atoms with Gasteiger partial charge in [0, 0.05) is 5.56 Å². The fourth-order valence-corrected chi connectivity index (χ4v) is 3.54. The molecule has 29 heavy (non-hydrogen) atoms. The zero-order valence-corrected chi connectivity index (χ0v) is 16.3. The van der Waals surface area contributed by atoms with Gasteiger partial charge in [-0.2, -0.15) is 0 Å². The first-order valence-corrected chi connectivity index (χ1v) is 9.48. The molecule has 4 rings (SSSR count). The maximum atomic E-state index is 12.5. The molecule has 1 aromatic heterocycles. The number of benzene rings is 3. The minimum Gasteiger partial charge on any atom is -0.462 e. The third-order valence-corrected chi connectivity index (χ3v) is 4.85. The zero-order chi connectivity index (χ0) is 20.4. The maximum absolute atomic E-state index is 12.5. The number of ether oxygens (including phenoxy) is 1. The molecule has 0 atom stereocenters. The Morgan fingerprint density at radius 1 is 0.931 bits per heavy atom. The average molecular weight is 383 g/mol. The Bertz CT molecular complexity index is 1200. The van der Waals surface area contributed by atoms with Crippen molar-refractivity contribution < 1.29 is 9.53 Å². The molecule has 0 aliphatic heterocycles. The number of rotatable bonds is 4. The number of anilines is 1. The van der Waals surface area contributed by atoms with E-state index in [-0.39, 0.29) is 12.6 Å². The van der Waals surface area contributed by atoms with Gasteiger partial charge >= 0.3 is 5.97 Å². The molecular formula is C24H21N3O2. The number of esters is 1. The Labute approximate surface area is 169 Å². The van der Waals surface area contributed by atoms with Crippen LogP contribution in [0.25, 0.3) is 33.2 Å². The van der Waals surface area contributed by atoms with E-state index < -0.39 is 5.97 Å². The monoisotopic (exact) mass is 383 g/mol. The van der Waals surface area contributed by atoms with Gasteiger partial charge in [0.2, 0.25) is 5.95 Å². The first-order valence-electron chi connectivity index (χ1n) is 9.48. The normalized spacial score (nSPS) is 10.8. The van der Waals surface area contributed by atoms with Crippen LogP contribution < -0.4 is 5.73 Å². The smallest absolute Gasteiger partial charge is 0.342 e. The number of carbonyl (C=O) groups excluding carboxylic acids is 1. The van der Waals surface area contributed by atoms with E-state index >= 15 is 0 Å². The summed E-state index contributed by atoms with van der Waals surface area (Å²) in [5, 5.41) is 2.38. The van der Waals surface area contributed by atoms with Crippen molar-refractivity contribution in [3.8, 4) is 22.4 Å². The molecule has 0 aliphatic rings. The Kier molecular flexibility index (Phi) is 4.96. The van der Waals surface area contributed by atoms with Gasteiger partial charge in [-0.05, 0) is 35.7 Å². The fraction of sp³-hybridized carbons (Fsp3) is 0.125. The first-order chi connectivity index (χ1) is 14.1. The van der Waals surface area contributed by atoms with Crippen molar-refractivity contribution in [2.24, 2.45) is 0 Å². The lowest BCUT2D eigenvalue weighted by molar-refractivity contribution is 0.0525. The molecule has 144 valence electrons. The molecule has 5 heteroatoms. The van der Waals surface area contributed by atoms with E-state index in [1.807, 2.05) is 36.4 Å². The quantitative estimate of drug-likeness (QED) is 0.500. The lowest BCUT2D eigenvalue weighted by atomic mass is 9.96. The largest absolute Gasteiger partial charge is 0.462 e. The van der Waals surface area contributed by atoms with E-state index in [4.69, 9.17) is 10.5 Å². The molecule has 0 unspecified atom stereocenters. The number of fused-ring (bicyclic) bond motifs is 1. The number of aryl methyl sites for hydroxylation is 1. The zero-order valence-electron chi connectivity index (χ0n) is 16.3. The predicted octanol–water partition coefficient (Wildman–Crippen LogP) is 5.03. The third kappa shape index (κ3) is 3.55. The van der Waals surface area contributed by atoms with Crippen LogP contribution in [0.1, 0.15) is 23.0 Å². The lowest BCUT2D eigenvalue weighted by Gasteiger charge is -2.12. The van der Waals surface area contributed by atoms with Gasteiger partial charge in [0.25, 0.3) is 0 Å². The van der Waals surface area contributed by atoms with Gasteiger partial charge in [0.05, 0.1) is 18.0 Å². The fourth-order valence-electron chi connectivity index (χ4n) is 3.54. The standard InChI is InChI=1S/C24H21N3O2/c1-3-29-23(28)21-15(2)26-24(25)27-22(21)18-13-11-17(12-14-18)20-10-6-8-16-7-4-5-9-19(16)20/h4-14H,3H2,1-2H3,(H2,25,26,27). The van der Waals surface area contributed by atoms with Gasteiger partial charge in [0.1, 0.15) is 5.56 Å². The summed E-state index contributed by atoms with van der Waals surface area (Å²) in [6, 6.07) is 22.5. The summed E-state index contributed by atoms with van der Waals surface area (Å²) < 4.78 is 5.19. The molecule has 0 fully saturated rings. The van der Waals surface area contributed by atoms with E-state index in [9.17, 15) is 4.79 Å². The van der Waals surface area contributed by atoms with E-state index in [0.717, 1.165) is 16.7 Å². The second kappa shape index (κ2) is 7.72. The summed E-state index contributed by atoms with van der Waals surface area (Å²) in [6.07, 6.45) is 0.